The molecule has 0 radical (unpaired) electrons. The van der Waals surface area contributed by atoms with Crippen molar-refractivity contribution < 1.29 is 4.42 Å². The Morgan fingerprint density at radius 3 is 3.40 bits per heavy atom. The summed E-state index contributed by atoms with van der Waals surface area (Å²) in [6, 6.07) is 4.66. The van der Waals surface area contributed by atoms with Gasteiger partial charge < -0.3 is 9.73 Å². The summed E-state index contributed by atoms with van der Waals surface area (Å²) >= 11 is 0. The predicted octanol–water partition coefficient (Wildman–Crippen LogP) is 2.12. The van der Waals surface area contributed by atoms with Gasteiger partial charge in [-0.15, -0.1) is 0 Å². The third-order valence-electron chi connectivity index (χ3n) is 3.06. The molecule has 1 atom stereocenters. The fraction of sp³-hybridized carbons (Fsp3) is 0.417. The summed E-state index contributed by atoms with van der Waals surface area (Å²) in [6.45, 7) is 1.15. The Hall–Kier alpha value is -1.35. The van der Waals surface area contributed by atoms with Gasteiger partial charge in [-0.2, -0.15) is 0 Å². The zero-order valence-corrected chi connectivity index (χ0v) is 8.57. The van der Waals surface area contributed by atoms with Crippen LogP contribution in [0.1, 0.15) is 18.4 Å². The lowest BCUT2D eigenvalue weighted by atomic mass is 10.1. The van der Waals surface area contributed by atoms with Gasteiger partial charge in [0.15, 0.2) is 0 Å². The van der Waals surface area contributed by atoms with E-state index in [0.717, 1.165) is 24.1 Å². The smallest absolute Gasteiger partial charge is 0.226 e. The maximum absolute atomic E-state index is 5.42. The Labute approximate surface area is 88.5 Å². The summed E-state index contributed by atoms with van der Waals surface area (Å²) in [5.41, 5.74) is 2.03. The van der Waals surface area contributed by atoms with E-state index in [4.69, 9.17) is 4.42 Å². The van der Waals surface area contributed by atoms with Crippen LogP contribution >= 0.6 is 0 Å². The van der Waals surface area contributed by atoms with Gasteiger partial charge in [-0.1, -0.05) is 0 Å². The van der Waals surface area contributed by atoms with E-state index in [2.05, 4.69) is 16.4 Å². The van der Waals surface area contributed by atoms with Crippen LogP contribution in [-0.4, -0.2) is 17.6 Å². The molecule has 1 N–H and O–H groups in total. The van der Waals surface area contributed by atoms with Crippen LogP contribution in [0.15, 0.2) is 29.0 Å². The fourth-order valence-corrected chi connectivity index (χ4v) is 2.27. The molecule has 15 heavy (non-hydrogen) atoms. The first kappa shape index (κ1) is 8.92. The number of nitrogens with zero attached hydrogens (tertiary/aromatic N) is 1. The number of hydrogen-bond acceptors (Lipinski definition) is 3. The van der Waals surface area contributed by atoms with Crippen LogP contribution in [0.5, 0.6) is 0 Å². The first-order valence-electron chi connectivity index (χ1n) is 5.48. The molecule has 0 bridgehead atoms. The Balaban J connectivity index is 1.90. The third-order valence-corrected chi connectivity index (χ3v) is 3.06. The van der Waals surface area contributed by atoms with E-state index in [0.29, 0.717) is 6.04 Å². The van der Waals surface area contributed by atoms with Crippen molar-refractivity contribution in [2.24, 2.45) is 0 Å². The summed E-state index contributed by atoms with van der Waals surface area (Å²) in [5.74, 6) is 0. The summed E-state index contributed by atoms with van der Waals surface area (Å²) in [5, 5.41) is 4.66. The maximum atomic E-state index is 5.42. The van der Waals surface area contributed by atoms with Crippen molar-refractivity contribution in [2.75, 3.05) is 6.54 Å². The van der Waals surface area contributed by atoms with E-state index in [1.165, 1.54) is 18.4 Å². The minimum atomic E-state index is 0.617. The van der Waals surface area contributed by atoms with Gasteiger partial charge in [-0.3, -0.25) is 0 Å². The van der Waals surface area contributed by atoms with Crippen molar-refractivity contribution in [1.82, 2.24) is 10.3 Å². The van der Waals surface area contributed by atoms with Crippen LogP contribution in [0, 0.1) is 0 Å². The lowest BCUT2D eigenvalue weighted by molar-refractivity contribution is 0.575. The largest absolute Gasteiger partial charge is 0.446 e. The highest BCUT2D eigenvalue weighted by molar-refractivity contribution is 5.77. The van der Waals surface area contributed by atoms with E-state index in [-0.39, 0.29) is 0 Å². The molecule has 1 aliphatic rings. The lowest BCUT2D eigenvalue weighted by Gasteiger charge is -2.07. The molecule has 78 valence electrons. The van der Waals surface area contributed by atoms with Crippen LogP contribution < -0.4 is 5.32 Å². The van der Waals surface area contributed by atoms with Gasteiger partial charge in [0.05, 0.1) is 6.26 Å². The van der Waals surface area contributed by atoms with E-state index < -0.39 is 0 Å². The van der Waals surface area contributed by atoms with Crippen LogP contribution in [0.3, 0.4) is 0 Å². The first-order valence-corrected chi connectivity index (χ1v) is 5.48. The summed E-state index contributed by atoms with van der Waals surface area (Å²) in [4.78, 5) is 4.19. The van der Waals surface area contributed by atoms with Crippen LogP contribution in [0.2, 0.25) is 0 Å². The molecule has 1 unspecified atom stereocenters. The normalized spacial score (nSPS) is 21.2. The summed E-state index contributed by atoms with van der Waals surface area (Å²) in [6.07, 6.45) is 7.23. The van der Waals surface area contributed by atoms with Crippen molar-refractivity contribution in [2.45, 2.75) is 25.3 Å². The molecule has 0 saturated carbocycles. The van der Waals surface area contributed by atoms with Gasteiger partial charge in [0.25, 0.3) is 0 Å². The van der Waals surface area contributed by atoms with E-state index >= 15 is 0 Å². The lowest BCUT2D eigenvalue weighted by Crippen LogP contribution is -2.23. The van der Waals surface area contributed by atoms with Gasteiger partial charge in [0.1, 0.15) is 0 Å². The van der Waals surface area contributed by atoms with Crippen LogP contribution in [0.25, 0.3) is 11.1 Å². The molecule has 0 aliphatic carbocycles. The second-order valence-electron chi connectivity index (χ2n) is 4.11. The maximum Gasteiger partial charge on any atom is 0.226 e. The number of hydrogen-bond donors (Lipinski definition) is 1. The van der Waals surface area contributed by atoms with Crippen LogP contribution in [0.4, 0.5) is 0 Å². The zero-order valence-electron chi connectivity index (χ0n) is 8.57. The van der Waals surface area contributed by atoms with Crippen molar-refractivity contribution in [3.63, 3.8) is 0 Å². The summed E-state index contributed by atoms with van der Waals surface area (Å²) in [7, 11) is 0. The molecular weight excluding hydrogens is 188 g/mol. The van der Waals surface area contributed by atoms with E-state index in [1.54, 1.807) is 6.20 Å². The van der Waals surface area contributed by atoms with Crippen molar-refractivity contribution in [3.8, 4) is 0 Å². The van der Waals surface area contributed by atoms with E-state index in [1.807, 2.05) is 12.3 Å². The van der Waals surface area contributed by atoms with Gasteiger partial charge in [0.2, 0.25) is 5.71 Å². The molecule has 2 aromatic rings. The van der Waals surface area contributed by atoms with Gasteiger partial charge in [-0.05, 0) is 37.9 Å². The van der Waals surface area contributed by atoms with Crippen molar-refractivity contribution >= 4 is 11.1 Å². The predicted molar refractivity (Wildman–Crippen MR) is 58.7 cm³/mol. The highest BCUT2D eigenvalue weighted by atomic mass is 16.3. The number of pyridine rings is 1. The standard InChI is InChI=1S/C12H14N2O/c1-3-10(13-5-1)7-9-8-15-12-11(9)4-2-6-14-12/h2,4,6,8,10,13H,1,3,5,7H2. The molecule has 3 heterocycles. The quantitative estimate of drug-likeness (QED) is 0.810. The molecule has 1 aliphatic heterocycles. The zero-order chi connectivity index (χ0) is 10.1. The fourth-order valence-electron chi connectivity index (χ4n) is 2.27. The number of nitrogens with one attached hydrogen (secondary N) is 1. The monoisotopic (exact) mass is 202 g/mol. The van der Waals surface area contributed by atoms with Crippen molar-refractivity contribution in [1.29, 1.82) is 0 Å². The Bertz CT molecular complexity index is 457. The van der Waals surface area contributed by atoms with E-state index in [9.17, 15) is 0 Å². The second kappa shape index (κ2) is 3.66. The SMILES string of the molecule is c1cnc2occ(CC3CCCN3)c2c1. The number of aromatic nitrogens is 1. The number of rotatable bonds is 2. The molecule has 0 amide bonds. The Kier molecular flexibility index (Phi) is 2.18. The van der Waals surface area contributed by atoms with Crippen LogP contribution in [-0.2, 0) is 6.42 Å². The molecule has 2 aromatic heterocycles. The van der Waals surface area contributed by atoms with Gasteiger partial charge in [-0.25, -0.2) is 4.98 Å². The van der Waals surface area contributed by atoms with Gasteiger partial charge >= 0.3 is 0 Å². The highest BCUT2D eigenvalue weighted by Crippen LogP contribution is 2.21. The second-order valence-corrected chi connectivity index (χ2v) is 4.11. The third kappa shape index (κ3) is 1.63. The average Bonchev–Trinajstić information content (AvgIpc) is 2.89. The first-order chi connectivity index (χ1) is 7.43. The number of fused-ring (bicyclic) bond motifs is 1. The number of furan rings is 1. The topological polar surface area (TPSA) is 38.1 Å². The van der Waals surface area contributed by atoms with Crippen molar-refractivity contribution in [3.05, 3.63) is 30.2 Å². The Morgan fingerprint density at radius 2 is 2.53 bits per heavy atom. The molecule has 0 aromatic carbocycles. The molecule has 3 heteroatoms. The minimum absolute atomic E-state index is 0.617. The molecule has 1 fully saturated rings. The van der Waals surface area contributed by atoms with Gasteiger partial charge in [0, 0.05) is 23.2 Å². The minimum Gasteiger partial charge on any atom is -0.446 e. The molecule has 3 nitrogen and oxygen atoms in total. The summed E-state index contributed by atoms with van der Waals surface area (Å²) < 4.78 is 5.42. The molecule has 0 spiro atoms. The molecule has 1 saturated heterocycles. The Morgan fingerprint density at radius 1 is 1.53 bits per heavy atom. The molecular formula is C12H14N2O. The average molecular weight is 202 g/mol. The highest BCUT2D eigenvalue weighted by Gasteiger charge is 2.16. The molecule has 3 rings (SSSR count).